The van der Waals surface area contributed by atoms with Crippen molar-refractivity contribution in [1.82, 2.24) is 5.32 Å². The number of carbonyl (C=O) groups is 1. The van der Waals surface area contributed by atoms with E-state index in [9.17, 15) is 4.79 Å². The van der Waals surface area contributed by atoms with E-state index in [4.69, 9.17) is 16.3 Å². The van der Waals surface area contributed by atoms with Crippen molar-refractivity contribution in [2.24, 2.45) is 0 Å². The molecule has 0 aromatic heterocycles. The standard InChI is InChI=1S/C17H24ClNO2S/c1-2-16(21-14-7-5-6-13(18)12-14)17(20)19-10-11-22-15-8-3-4-9-15/h5-7,12,15-16H,2-4,8-11H2,1H3,(H,19,20)/t16-/m0/s1. The van der Waals surface area contributed by atoms with Gasteiger partial charge in [-0.2, -0.15) is 11.8 Å². The van der Waals surface area contributed by atoms with Gasteiger partial charge in [-0.1, -0.05) is 37.4 Å². The Morgan fingerprint density at radius 2 is 2.23 bits per heavy atom. The minimum absolute atomic E-state index is 0.0468. The van der Waals surface area contributed by atoms with Crippen molar-refractivity contribution in [1.29, 1.82) is 0 Å². The number of thioether (sulfide) groups is 1. The van der Waals surface area contributed by atoms with Crippen LogP contribution >= 0.6 is 23.4 Å². The summed E-state index contributed by atoms with van der Waals surface area (Å²) in [4.78, 5) is 12.2. The fraction of sp³-hybridized carbons (Fsp3) is 0.588. The van der Waals surface area contributed by atoms with E-state index >= 15 is 0 Å². The number of halogens is 1. The molecule has 122 valence electrons. The predicted molar refractivity (Wildman–Crippen MR) is 93.9 cm³/mol. The van der Waals surface area contributed by atoms with Gasteiger partial charge in [0.05, 0.1) is 0 Å². The van der Waals surface area contributed by atoms with Crippen LogP contribution < -0.4 is 10.1 Å². The van der Waals surface area contributed by atoms with Crippen molar-refractivity contribution < 1.29 is 9.53 Å². The van der Waals surface area contributed by atoms with E-state index < -0.39 is 6.10 Å². The lowest BCUT2D eigenvalue weighted by Gasteiger charge is -2.17. The van der Waals surface area contributed by atoms with Crippen LogP contribution in [-0.2, 0) is 4.79 Å². The minimum Gasteiger partial charge on any atom is -0.481 e. The van der Waals surface area contributed by atoms with Gasteiger partial charge < -0.3 is 10.1 Å². The van der Waals surface area contributed by atoms with Crippen LogP contribution in [0.3, 0.4) is 0 Å². The first-order valence-corrected chi connectivity index (χ1v) is 9.43. The van der Waals surface area contributed by atoms with E-state index in [0.717, 1.165) is 11.0 Å². The summed E-state index contributed by atoms with van der Waals surface area (Å²) in [6, 6.07) is 7.15. The number of hydrogen-bond acceptors (Lipinski definition) is 3. The third kappa shape index (κ3) is 5.73. The Bertz CT molecular complexity index is 477. The summed E-state index contributed by atoms with van der Waals surface area (Å²) in [5.41, 5.74) is 0. The van der Waals surface area contributed by atoms with Gasteiger partial charge >= 0.3 is 0 Å². The lowest BCUT2D eigenvalue weighted by atomic mass is 10.2. The topological polar surface area (TPSA) is 38.3 Å². The average molecular weight is 342 g/mol. The van der Waals surface area contributed by atoms with E-state index in [-0.39, 0.29) is 5.91 Å². The first-order chi connectivity index (χ1) is 10.7. The highest BCUT2D eigenvalue weighted by molar-refractivity contribution is 7.99. The van der Waals surface area contributed by atoms with Gasteiger partial charge in [0.2, 0.25) is 0 Å². The summed E-state index contributed by atoms with van der Waals surface area (Å²) in [5, 5.41) is 4.38. The van der Waals surface area contributed by atoms with Crippen molar-refractivity contribution in [2.45, 2.75) is 50.4 Å². The zero-order chi connectivity index (χ0) is 15.8. The van der Waals surface area contributed by atoms with Gasteiger partial charge in [-0.3, -0.25) is 4.79 Å². The second-order valence-electron chi connectivity index (χ2n) is 5.54. The molecule has 0 aliphatic heterocycles. The zero-order valence-electron chi connectivity index (χ0n) is 13.0. The Balaban J connectivity index is 1.71. The third-order valence-corrected chi connectivity index (χ3v) is 5.41. The number of hydrogen-bond donors (Lipinski definition) is 1. The molecule has 1 aromatic carbocycles. The van der Waals surface area contributed by atoms with Crippen molar-refractivity contribution in [3.8, 4) is 5.75 Å². The molecule has 3 nitrogen and oxygen atoms in total. The van der Waals surface area contributed by atoms with Crippen LogP contribution in [0, 0.1) is 0 Å². The first-order valence-electron chi connectivity index (χ1n) is 8.00. The van der Waals surface area contributed by atoms with E-state index in [0.29, 0.717) is 23.7 Å². The molecule has 0 bridgehead atoms. The largest absolute Gasteiger partial charge is 0.481 e. The molecule has 0 heterocycles. The Labute approximate surface area is 142 Å². The third-order valence-electron chi connectivity index (χ3n) is 3.79. The van der Waals surface area contributed by atoms with Crippen LogP contribution in [0.4, 0.5) is 0 Å². The lowest BCUT2D eigenvalue weighted by molar-refractivity contribution is -0.127. The molecule has 22 heavy (non-hydrogen) atoms. The first kappa shape index (κ1) is 17.5. The molecule has 1 aliphatic carbocycles. The maximum absolute atomic E-state index is 12.2. The molecule has 0 spiro atoms. The lowest BCUT2D eigenvalue weighted by Crippen LogP contribution is -2.39. The SMILES string of the molecule is CC[C@H](Oc1cccc(Cl)c1)C(=O)NCCSC1CCCC1. The van der Waals surface area contributed by atoms with Crippen LogP contribution in [0.25, 0.3) is 0 Å². The molecule has 1 fully saturated rings. The molecule has 0 saturated heterocycles. The molecule has 1 aliphatic rings. The molecule has 1 atom stereocenters. The highest BCUT2D eigenvalue weighted by Gasteiger charge is 2.19. The Morgan fingerprint density at radius 3 is 2.91 bits per heavy atom. The molecule has 1 amide bonds. The predicted octanol–water partition coefficient (Wildman–Crippen LogP) is 4.29. The quantitative estimate of drug-likeness (QED) is 0.717. The fourth-order valence-electron chi connectivity index (χ4n) is 2.60. The van der Waals surface area contributed by atoms with E-state index in [1.807, 2.05) is 30.8 Å². The summed E-state index contributed by atoms with van der Waals surface area (Å²) in [7, 11) is 0. The highest BCUT2D eigenvalue weighted by Crippen LogP contribution is 2.28. The number of ether oxygens (including phenoxy) is 1. The maximum atomic E-state index is 12.2. The Morgan fingerprint density at radius 1 is 1.45 bits per heavy atom. The highest BCUT2D eigenvalue weighted by atomic mass is 35.5. The van der Waals surface area contributed by atoms with Crippen molar-refractivity contribution in [3.05, 3.63) is 29.3 Å². The van der Waals surface area contributed by atoms with E-state index in [1.165, 1.54) is 25.7 Å². The van der Waals surface area contributed by atoms with Crippen molar-refractivity contribution in [2.75, 3.05) is 12.3 Å². The Kier molecular flexibility index (Phi) is 7.40. The summed E-state index contributed by atoms with van der Waals surface area (Å²) >= 11 is 7.91. The fourth-order valence-corrected chi connectivity index (χ4v) is 4.00. The number of benzene rings is 1. The van der Waals surface area contributed by atoms with Crippen LogP contribution in [0.15, 0.2) is 24.3 Å². The molecule has 1 N–H and O–H groups in total. The summed E-state index contributed by atoms with van der Waals surface area (Å²) in [6.45, 7) is 2.65. The van der Waals surface area contributed by atoms with Gasteiger partial charge in [0.25, 0.3) is 5.91 Å². The van der Waals surface area contributed by atoms with Gasteiger partial charge in [-0.15, -0.1) is 0 Å². The van der Waals surface area contributed by atoms with Gasteiger partial charge in [0, 0.05) is 22.6 Å². The number of rotatable bonds is 8. The molecule has 0 unspecified atom stereocenters. The minimum atomic E-state index is -0.463. The van der Waals surface area contributed by atoms with Crippen LogP contribution in [-0.4, -0.2) is 29.6 Å². The number of carbonyl (C=O) groups excluding carboxylic acids is 1. The van der Waals surface area contributed by atoms with Crippen molar-refractivity contribution >= 4 is 29.3 Å². The number of amides is 1. The van der Waals surface area contributed by atoms with Crippen LogP contribution in [0.2, 0.25) is 5.02 Å². The maximum Gasteiger partial charge on any atom is 0.261 e. The van der Waals surface area contributed by atoms with Crippen LogP contribution in [0.1, 0.15) is 39.0 Å². The molecular weight excluding hydrogens is 318 g/mol. The zero-order valence-corrected chi connectivity index (χ0v) is 14.6. The Hall–Kier alpha value is -0.870. The second-order valence-corrected chi connectivity index (χ2v) is 7.39. The number of nitrogens with one attached hydrogen (secondary N) is 1. The van der Waals surface area contributed by atoms with E-state index in [2.05, 4.69) is 5.32 Å². The van der Waals surface area contributed by atoms with Gasteiger partial charge in [0.1, 0.15) is 5.75 Å². The summed E-state index contributed by atoms with van der Waals surface area (Å²) < 4.78 is 5.73. The monoisotopic (exact) mass is 341 g/mol. The summed E-state index contributed by atoms with van der Waals surface area (Å²) in [5.74, 6) is 1.56. The van der Waals surface area contributed by atoms with Crippen molar-refractivity contribution in [3.63, 3.8) is 0 Å². The van der Waals surface area contributed by atoms with Gasteiger partial charge in [0.15, 0.2) is 6.10 Å². The van der Waals surface area contributed by atoms with Gasteiger partial charge in [-0.25, -0.2) is 0 Å². The smallest absolute Gasteiger partial charge is 0.261 e. The van der Waals surface area contributed by atoms with E-state index in [1.54, 1.807) is 12.1 Å². The molecule has 1 aromatic rings. The molecule has 1 saturated carbocycles. The normalized spacial score (nSPS) is 16.5. The molecule has 5 heteroatoms. The van der Waals surface area contributed by atoms with Gasteiger partial charge in [-0.05, 0) is 37.5 Å². The average Bonchev–Trinajstić information content (AvgIpc) is 3.02. The molecular formula is C17H24ClNO2S. The second kappa shape index (κ2) is 9.31. The molecule has 0 radical (unpaired) electrons. The summed E-state index contributed by atoms with van der Waals surface area (Å²) in [6.07, 6.45) is 5.54. The molecule has 2 rings (SSSR count). The van der Waals surface area contributed by atoms with Crippen LogP contribution in [0.5, 0.6) is 5.75 Å².